The zero-order valence-corrected chi connectivity index (χ0v) is 79.3. The van der Waals surface area contributed by atoms with E-state index in [9.17, 15) is 140 Å². The van der Waals surface area contributed by atoms with Gasteiger partial charge in [0.15, 0.2) is 11.9 Å². The van der Waals surface area contributed by atoms with Gasteiger partial charge in [0.05, 0.1) is 44.8 Å². The Balaban J connectivity index is 1.16. The Hall–Kier alpha value is -12.4. The molecule has 5 rings (SSSR count). The number of guanidine groups is 2. The number of hydrogen-bond acceptors (Lipinski definition) is 27. The van der Waals surface area contributed by atoms with Crippen LogP contribution in [0, 0.1) is 10.8 Å². The summed E-state index contributed by atoms with van der Waals surface area (Å²) in [7, 11) is -12.9. The van der Waals surface area contributed by atoms with Crippen LogP contribution < -0.4 is 96.5 Å². The summed E-state index contributed by atoms with van der Waals surface area (Å²) < 4.78 is 41.5. The summed E-state index contributed by atoms with van der Waals surface area (Å²) in [6.45, 7) is -0.669. The second-order valence-corrected chi connectivity index (χ2v) is 41.0. The normalized spacial score (nSPS) is 21.3. The van der Waals surface area contributed by atoms with Crippen LogP contribution in [0.2, 0.25) is 0 Å². The van der Waals surface area contributed by atoms with Gasteiger partial charge >= 0.3 is 23.9 Å². The fourth-order valence-electron chi connectivity index (χ4n) is 14.5. The molecule has 3 fully saturated rings. The van der Waals surface area contributed by atoms with E-state index < -0.39 is 291 Å². The molecule has 52 nitrogen and oxygen atoms in total. The molecular formula is C83H130N23O29P3. The predicted molar refractivity (Wildman–Crippen MR) is 494 cm³/mol. The van der Waals surface area contributed by atoms with E-state index in [1.807, 2.05) is 0 Å². The number of ketones is 1. The van der Waals surface area contributed by atoms with Crippen molar-refractivity contribution in [1.29, 1.82) is 10.8 Å². The lowest BCUT2D eigenvalue weighted by atomic mass is 10.0. The summed E-state index contributed by atoms with van der Waals surface area (Å²) in [6.07, 6.45) is -9.19. The molecule has 13 atom stereocenters. The molecule has 2 aromatic rings. The van der Waals surface area contributed by atoms with Gasteiger partial charge in [-0.1, -0.05) is 60.7 Å². The molecular weight excluding hydrogens is 1880 g/mol. The fourth-order valence-corrected chi connectivity index (χ4v) is 19.5. The molecule has 3 heterocycles. The molecule has 138 heavy (non-hydrogen) atoms. The number of carboxylic acid groups (broad SMARTS) is 4. The number of unbranched alkanes of at least 4 members (excludes halogenated alkanes) is 2. The number of carbonyl (C=O) groups is 19. The molecule has 0 aromatic heterocycles. The van der Waals surface area contributed by atoms with Crippen LogP contribution in [-0.2, 0) is 118 Å². The van der Waals surface area contributed by atoms with E-state index in [4.69, 9.17) is 22.3 Å². The van der Waals surface area contributed by atoms with E-state index in [0.717, 1.165) is 0 Å². The van der Waals surface area contributed by atoms with Gasteiger partial charge in [-0.05, 0) is 95.1 Å². The van der Waals surface area contributed by atoms with Gasteiger partial charge in [0.1, 0.15) is 66.2 Å². The lowest BCUT2D eigenvalue weighted by Gasteiger charge is -2.28. The molecule has 29 N–H and O–H groups in total. The van der Waals surface area contributed by atoms with E-state index in [1.54, 1.807) is 60.7 Å². The molecule has 3 saturated heterocycles. The Bertz CT molecular complexity index is 4470. The molecule has 0 radical (unpaired) electrons. The summed E-state index contributed by atoms with van der Waals surface area (Å²) in [5, 5.41) is 93.8. The molecule has 766 valence electrons. The number of carbonyl (C=O) groups excluding carboxylic acids is 15. The Morgan fingerprint density at radius 2 is 0.674 bits per heavy atom. The monoisotopic (exact) mass is 2010 g/mol. The average Bonchev–Trinajstić information content (AvgIpc) is 0.949. The third-order valence-electron chi connectivity index (χ3n) is 22.0. The van der Waals surface area contributed by atoms with Crippen molar-refractivity contribution in [3.05, 3.63) is 71.8 Å². The van der Waals surface area contributed by atoms with Gasteiger partial charge in [-0.3, -0.25) is 116 Å². The lowest BCUT2D eigenvalue weighted by molar-refractivity contribution is -0.142. The van der Waals surface area contributed by atoms with Crippen molar-refractivity contribution in [2.24, 2.45) is 11.5 Å². The smallest absolute Gasteiger partial charge is 0.326 e. The van der Waals surface area contributed by atoms with Crippen LogP contribution in [0.5, 0.6) is 0 Å². The number of nitrogens with two attached hydrogens (primary N) is 2. The van der Waals surface area contributed by atoms with Crippen molar-refractivity contribution in [1.82, 2.24) is 99.8 Å². The minimum atomic E-state index is -4.41. The molecule has 55 heteroatoms. The van der Waals surface area contributed by atoms with Crippen LogP contribution in [0.1, 0.15) is 140 Å². The maximum Gasteiger partial charge on any atom is 0.326 e. The molecule has 3 aliphatic rings. The highest BCUT2D eigenvalue weighted by Gasteiger charge is 2.39. The minimum Gasteiger partial charge on any atom is -0.481 e. The predicted octanol–water partition coefficient (Wildman–Crippen LogP) is -6.28. The molecule has 0 spiro atoms. The Labute approximate surface area is 794 Å². The van der Waals surface area contributed by atoms with Gasteiger partial charge in [-0.15, -0.1) is 0 Å². The van der Waals surface area contributed by atoms with Crippen LogP contribution in [0.4, 0.5) is 0 Å². The second kappa shape index (κ2) is 59.6. The molecule has 14 amide bonds. The zero-order valence-electron chi connectivity index (χ0n) is 76.6. The highest BCUT2D eigenvalue weighted by atomic mass is 31.2. The average molecular weight is 2010 g/mol. The van der Waals surface area contributed by atoms with Crippen molar-refractivity contribution in [3.63, 3.8) is 0 Å². The van der Waals surface area contributed by atoms with E-state index in [0.29, 0.717) is 11.1 Å². The maximum absolute atomic E-state index is 14.2. The van der Waals surface area contributed by atoms with Crippen molar-refractivity contribution in [3.8, 4) is 0 Å². The number of nitrogens with one attached hydrogen (secondary N) is 18. The quantitative estimate of drug-likeness (QED) is 0.0127. The minimum absolute atomic E-state index is 0.0247. The van der Waals surface area contributed by atoms with Gasteiger partial charge in [0.2, 0.25) is 105 Å². The zero-order chi connectivity index (χ0) is 102. The number of benzene rings is 2. The molecule has 0 aliphatic carbocycles. The molecule has 2 aromatic carbocycles. The van der Waals surface area contributed by atoms with Crippen molar-refractivity contribution < 1.29 is 140 Å². The molecule has 0 bridgehead atoms. The van der Waals surface area contributed by atoms with Crippen LogP contribution in [0.3, 0.4) is 0 Å². The van der Waals surface area contributed by atoms with Crippen LogP contribution in [0.25, 0.3) is 0 Å². The van der Waals surface area contributed by atoms with Gasteiger partial charge in [0, 0.05) is 129 Å². The standard InChI is InChI=1S/C83H130N23O29P3/c1-51(107)26-39-136(130,131)48-104-33-35-105(49-137(132,133)40-27-66(110)94-58(80(126)127)22-24-64(108)88-29-10-8-18-56-74(120)98-54(20-12-31-90-82(84)85)72(118)92-46-68(112)96-62(44-70(114)115)78(124)102-60(76(122)100-56)42-52-14-4-2-5-15-52)37-38-106(36-34-104)50-138(134,135)41-28-67(111)95-59(81(128)129)23-25-65(109)89-30-11-9-19-57-75(121)99-55(21-13-32-91-83(86)87)73(119)93-47-69(113)97-63(45-71(116)117)79(125)103-61(77(123)101-57)43-53-16-6-3-7-17-53/h2-7,14-17,54-63H,8-13,18-50H2,1H3,(H,88,108)(H,89,109)(H,92,118)(H,93,119)(H,94,110)(H,95,111)(H,96,112)(H,97,113)(H,98,120)(H,99,121)(H,100,122)(H,101,123)(H,102,124)(H,103,125)(H,114,115)(H,116,117)(H,126,127)(H,128,129)(H,130,131)(H,132,133)(H,134,135)(H4,84,85,90)(H4,86,87,91)/t54-,55-,56-,57-,58?,59?,60+,61+,62-,63-/m0/s1. The third kappa shape index (κ3) is 47.6. The highest BCUT2D eigenvalue weighted by Crippen LogP contribution is 2.45. The first kappa shape index (κ1) is 116. The number of Topliss-reactive ketones (excluding diaryl/α,β-unsaturated/α-hetero) is 1. The van der Waals surface area contributed by atoms with Crippen molar-refractivity contribution in [2.45, 2.75) is 202 Å². The fraction of sp³-hybridized carbons (Fsp3) is 0.602. The SMILES string of the molecule is CC(=O)CCP(=O)(O)CN1CCN(CP(=O)(O)CCC(=O)NC(CCC(=O)NCCCC[C@@H]2NC(=O)[C@@H](Cc3ccccc3)NC(=O)[C@H](CC(=O)O)NC(=O)CNC(=O)[C@H](CCCNC(=N)N)NC2=O)C(=O)O)CCN(CP(=O)(O)CCC(=O)NC(CCC(=O)NCCCC[C@@H]2NC(=O)[C@@H](Cc3ccccc3)NC(=O)[C@H](CC(=O)O)NC(=O)CNC(=O)[C@H](CCCNC(=N)N)NC2=O)C(=O)O)CC1. The second-order valence-electron chi connectivity index (χ2n) is 33.7. The van der Waals surface area contributed by atoms with Gasteiger partial charge in [0.25, 0.3) is 0 Å². The number of nitrogens with zero attached hydrogens (tertiary/aromatic N) is 3. The Morgan fingerprint density at radius 1 is 0.384 bits per heavy atom. The number of hydrogen-bond donors (Lipinski definition) is 27. The summed E-state index contributed by atoms with van der Waals surface area (Å²) in [5.41, 5.74) is 11.9. The van der Waals surface area contributed by atoms with Gasteiger partial charge in [-0.2, -0.15) is 0 Å². The van der Waals surface area contributed by atoms with E-state index >= 15 is 0 Å². The Kier molecular flexibility index (Phi) is 50.2. The number of aliphatic carboxylic acids is 4. The van der Waals surface area contributed by atoms with Crippen LogP contribution >= 0.6 is 22.1 Å². The summed E-state index contributed by atoms with van der Waals surface area (Å²) >= 11 is 0. The highest BCUT2D eigenvalue weighted by molar-refractivity contribution is 7.58. The lowest BCUT2D eigenvalue weighted by Crippen LogP contribution is -2.58. The largest absolute Gasteiger partial charge is 0.481 e. The van der Waals surface area contributed by atoms with E-state index in [-0.39, 0.29) is 167 Å². The first-order valence-corrected chi connectivity index (χ1v) is 51.0. The number of amides is 14. The first-order valence-electron chi connectivity index (χ1n) is 44.9. The van der Waals surface area contributed by atoms with Crippen LogP contribution in [-0.4, -0.2) is 350 Å². The Morgan fingerprint density at radius 3 is 0.986 bits per heavy atom. The molecule has 3 aliphatic heterocycles. The summed E-state index contributed by atoms with van der Waals surface area (Å²) in [6, 6.07) is 1.12. The van der Waals surface area contributed by atoms with Crippen LogP contribution in [0.15, 0.2) is 60.7 Å². The number of rotatable bonds is 51. The van der Waals surface area contributed by atoms with Crippen molar-refractivity contribution >= 4 is 146 Å². The van der Waals surface area contributed by atoms with E-state index in [2.05, 4.69) is 85.1 Å². The molecule has 5 unspecified atom stereocenters. The van der Waals surface area contributed by atoms with E-state index in [1.165, 1.54) is 21.6 Å². The maximum atomic E-state index is 14.2. The molecule has 0 saturated carbocycles. The van der Waals surface area contributed by atoms with Crippen molar-refractivity contribution in [2.75, 3.05) is 116 Å². The van der Waals surface area contributed by atoms with Gasteiger partial charge < -0.3 is 136 Å². The number of carboxylic acids is 4. The summed E-state index contributed by atoms with van der Waals surface area (Å²) in [4.78, 5) is 289. The first-order chi connectivity index (χ1) is 65.1. The van der Waals surface area contributed by atoms with Gasteiger partial charge in [-0.25, -0.2) is 9.59 Å². The summed E-state index contributed by atoms with van der Waals surface area (Å²) in [5.74, 6) is -20.2. The topological polar surface area (TPSA) is 819 Å². The third-order valence-corrected chi connectivity index (χ3v) is 27.3.